The molecule has 0 bridgehead atoms. The molecule has 1 atom stereocenters. The number of ether oxygens (including phenoxy) is 2. The Bertz CT molecular complexity index is 1420. The van der Waals surface area contributed by atoms with Gasteiger partial charge in [0.1, 0.15) is 17.6 Å². The lowest BCUT2D eigenvalue weighted by molar-refractivity contribution is -0.266. The van der Waals surface area contributed by atoms with Crippen LogP contribution in [0.25, 0.3) is 10.9 Å². The molecule has 4 N–H and O–H groups in total. The molecule has 0 saturated heterocycles. The molecular weight excluding hydrogens is 510 g/mol. The number of aromatic nitrogens is 1. The highest BCUT2D eigenvalue weighted by Gasteiger charge is 2.56. The number of hydrogen-bond acceptors (Lipinski definition) is 6. The lowest BCUT2D eigenvalue weighted by atomic mass is 9.73. The first kappa shape index (κ1) is 28.5. The largest absolute Gasteiger partial charge is 0.496 e. The molecule has 1 amide bonds. The minimum atomic E-state index is -5.18. The van der Waals surface area contributed by atoms with Crippen LogP contribution in [0.5, 0.6) is 5.75 Å². The molecule has 1 aromatic heterocycles. The van der Waals surface area contributed by atoms with Crippen LogP contribution in [0.15, 0.2) is 36.4 Å². The summed E-state index contributed by atoms with van der Waals surface area (Å²) >= 11 is 0. The van der Waals surface area contributed by atoms with E-state index in [0.29, 0.717) is 0 Å². The Hall–Kier alpha value is -4.11. The smallest absolute Gasteiger partial charge is 0.417 e. The van der Waals surface area contributed by atoms with E-state index in [0.717, 1.165) is 12.1 Å². The molecule has 2 aromatic carbocycles. The number of hydrogen-bond donors (Lipinski definition) is 3. The van der Waals surface area contributed by atoms with Gasteiger partial charge in [-0.25, -0.2) is 9.18 Å². The van der Waals surface area contributed by atoms with Crippen molar-refractivity contribution in [3.63, 3.8) is 0 Å². The van der Waals surface area contributed by atoms with Gasteiger partial charge in [0.05, 0.1) is 18.2 Å². The van der Waals surface area contributed by atoms with Crippen molar-refractivity contribution in [2.24, 2.45) is 5.73 Å². The highest BCUT2D eigenvalue weighted by atomic mass is 19.4. The van der Waals surface area contributed by atoms with E-state index in [1.54, 1.807) is 6.07 Å². The van der Waals surface area contributed by atoms with Crippen molar-refractivity contribution in [1.29, 1.82) is 5.26 Å². The van der Waals surface area contributed by atoms with E-state index >= 15 is 0 Å². The SMILES string of the molecule is COc1ccc(F)cc1C(C)(C)CC(O)(Cc1[nH]c2ccc(C(=O)OCC#N)cc2c1C(N)=O)C(F)(F)F. The van der Waals surface area contributed by atoms with Gasteiger partial charge in [0.25, 0.3) is 5.91 Å². The van der Waals surface area contributed by atoms with Gasteiger partial charge in [0.15, 0.2) is 12.2 Å². The number of carbonyl (C=O) groups is 2. The number of rotatable bonds is 9. The van der Waals surface area contributed by atoms with Gasteiger partial charge in [-0.2, -0.15) is 18.4 Å². The summed E-state index contributed by atoms with van der Waals surface area (Å²) in [4.78, 5) is 27.2. The monoisotopic (exact) mass is 535 g/mol. The molecule has 8 nitrogen and oxygen atoms in total. The number of nitrogens with zero attached hydrogens (tertiary/aromatic N) is 1. The summed E-state index contributed by atoms with van der Waals surface area (Å²) in [6.07, 6.45) is -7.20. The van der Waals surface area contributed by atoms with Crippen LogP contribution in [0, 0.1) is 17.1 Å². The summed E-state index contributed by atoms with van der Waals surface area (Å²) in [5.74, 6) is -2.53. The Morgan fingerprint density at radius 2 is 1.84 bits per heavy atom. The second-order valence-corrected chi connectivity index (χ2v) is 9.45. The average molecular weight is 535 g/mol. The maximum Gasteiger partial charge on any atom is 0.417 e. The van der Waals surface area contributed by atoms with Crippen molar-refractivity contribution in [2.75, 3.05) is 13.7 Å². The summed E-state index contributed by atoms with van der Waals surface area (Å²) in [7, 11) is 1.29. The van der Waals surface area contributed by atoms with E-state index in [1.165, 1.54) is 45.2 Å². The highest BCUT2D eigenvalue weighted by molar-refractivity contribution is 6.09. The Morgan fingerprint density at radius 1 is 1.16 bits per heavy atom. The van der Waals surface area contributed by atoms with Crippen molar-refractivity contribution >= 4 is 22.8 Å². The summed E-state index contributed by atoms with van der Waals surface area (Å²) in [5, 5.41) is 19.7. The Labute approximate surface area is 214 Å². The van der Waals surface area contributed by atoms with Crippen LogP contribution in [-0.2, 0) is 16.6 Å². The number of amides is 1. The van der Waals surface area contributed by atoms with E-state index in [1.807, 2.05) is 0 Å². The number of nitrogens with two attached hydrogens (primary N) is 1. The number of aliphatic hydroxyl groups is 1. The molecule has 1 unspecified atom stereocenters. The van der Waals surface area contributed by atoms with Crippen LogP contribution < -0.4 is 10.5 Å². The zero-order valence-electron chi connectivity index (χ0n) is 20.7. The summed E-state index contributed by atoms with van der Waals surface area (Å²) in [5.41, 5.74) is 0.215. The van der Waals surface area contributed by atoms with Gasteiger partial charge < -0.3 is 25.3 Å². The summed E-state index contributed by atoms with van der Waals surface area (Å²) < 4.78 is 67.1. The molecule has 12 heteroatoms. The van der Waals surface area contributed by atoms with Crippen LogP contribution in [0.1, 0.15) is 52.2 Å². The number of fused-ring (bicyclic) bond motifs is 1. The first-order chi connectivity index (χ1) is 17.6. The fraction of sp³-hybridized carbons (Fsp3) is 0.346. The van der Waals surface area contributed by atoms with E-state index in [4.69, 9.17) is 20.5 Å². The van der Waals surface area contributed by atoms with Gasteiger partial charge in [0, 0.05) is 28.6 Å². The van der Waals surface area contributed by atoms with Crippen LogP contribution in [0.3, 0.4) is 0 Å². The molecule has 0 aliphatic heterocycles. The Balaban J connectivity index is 2.10. The number of aromatic amines is 1. The van der Waals surface area contributed by atoms with E-state index in [2.05, 4.69) is 4.98 Å². The first-order valence-electron chi connectivity index (χ1n) is 11.2. The second-order valence-electron chi connectivity index (χ2n) is 9.45. The summed E-state index contributed by atoms with van der Waals surface area (Å²) in [6.45, 7) is 2.28. The van der Waals surface area contributed by atoms with Crippen molar-refractivity contribution in [2.45, 2.75) is 43.9 Å². The average Bonchev–Trinajstić information content (AvgIpc) is 3.18. The topological polar surface area (TPSA) is 138 Å². The van der Waals surface area contributed by atoms with Crippen molar-refractivity contribution in [1.82, 2.24) is 4.98 Å². The minimum absolute atomic E-state index is 0.0366. The molecule has 0 aliphatic carbocycles. The predicted molar refractivity (Wildman–Crippen MR) is 128 cm³/mol. The van der Waals surface area contributed by atoms with E-state index < -0.39 is 54.3 Å². The van der Waals surface area contributed by atoms with Crippen LogP contribution in [0.4, 0.5) is 17.6 Å². The number of esters is 1. The maximum absolute atomic E-state index is 14.4. The molecule has 38 heavy (non-hydrogen) atoms. The van der Waals surface area contributed by atoms with Crippen molar-refractivity contribution in [3.8, 4) is 11.8 Å². The van der Waals surface area contributed by atoms with Crippen LogP contribution >= 0.6 is 0 Å². The number of halogens is 4. The number of nitrogens with one attached hydrogen (secondary N) is 1. The molecule has 3 rings (SSSR count). The van der Waals surface area contributed by atoms with Crippen molar-refractivity contribution < 1.29 is 41.7 Å². The number of carbonyl (C=O) groups excluding carboxylic acids is 2. The molecule has 3 aromatic rings. The number of H-pyrrole nitrogens is 1. The lowest BCUT2D eigenvalue weighted by Crippen LogP contribution is -2.51. The van der Waals surface area contributed by atoms with Crippen LogP contribution in [-0.4, -0.2) is 47.5 Å². The number of benzene rings is 2. The van der Waals surface area contributed by atoms with Gasteiger partial charge in [0.2, 0.25) is 0 Å². The molecule has 0 radical (unpaired) electrons. The van der Waals surface area contributed by atoms with Crippen LogP contribution in [0.2, 0.25) is 0 Å². The predicted octanol–water partition coefficient (Wildman–Crippen LogP) is 4.30. The molecule has 1 heterocycles. The zero-order valence-corrected chi connectivity index (χ0v) is 20.7. The third-order valence-corrected chi connectivity index (χ3v) is 6.25. The van der Waals surface area contributed by atoms with Gasteiger partial charge in [-0.3, -0.25) is 4.79 Å². The fourth-order valence-corrected chi connectivity index (χ4v) is 4.56. The van der Waals surface area contributed by atoms with E-state index in [9.17, 15) is 32.3 Å². The molecule has 202 valence electrons. The Kier molecular flexibility index (Phi) is 7.74. The van der Waals surface area contributed by atoms with Gasteiger partial charge in [-0.1, -0.05) is 13.8 Å². The van der Waals surface area contributed by atoms with Gasteiger partial charge in [-0.15, -0.1) is 0 Å². The lowest BCUT2D eigenvalue weighted by Gasteiger charge is -2.38. The normalized spacial score (nSPS) is 13.6. The number of alkyl halides is 3. The second kappa shape index (κ2) is 10.3. The molecule has 0 saturated carbocycles. The fourth-order valence-electron chi connectivity index (χ4n) is 4.56. The zero-order chi connectivity index (χ0) is 28.5. The third kappa shape index (κ3) is 5.57. The molecule has 0 aliphatic rings. The van der Waals surface area contributed by atoms with Gasteiger partial charge in [-0.05, 0) is 48.2 Å². The number of nitriles is 1. The quantitative estimate of drug-likeness (QED) is 0.276. The Morgan fingerprint density at radius 3 is 2.42 bits per heavy atom. The van der Waals surface area contributed by atoms with Gasteiger partial charge >= 0.3 is 12.1 Å². The standard InChI is InChI=1S/C26H25F4N3O5/c1-24(2,17-11-15(27)5-7-20(17)37-3)13-25(36,26(28,29)30)12-19-21(22(32)34)16-10-14(4-6-18(16)33-19)23(35)38-9-8-31/h4-7,10-11,33,36H,9,12-13H2,1-3H3,(H2,32,34). The molecule has 0 fully saturated rings. The van der Waals surface area contributed by atoms with E-state index in [-0.39, 0.29) is 39.0 Å². The maximum atomic E-state index is 14.4. The van der Waals surface area contributed by atoms with Crippen molar-refractivity contribution in [3.05, 3.63) is 64.6 Å². The molecule has 0 spiro atoms. The number of methoxy groups -OCH3 is 1. The highest BCUT2D eigenvalue weighted by Crippen LogP contribution is 2.45. The third-order valence-electron chi connectivity index (χ3n) is 6.25. The molecular formula is C26H25F4N3O5. The first-order valence-corrected chi connectivity index (χ1v) is 11.2. The minimum Gasteiger partial charge on any atom is -0.496 e. The summed E-state index contributed by atoms with van der Waals surface area (Å²) in [6, 6.07) is 8.88. The number of primary amides is 1.